The van der Waals surface area contributed by atoms with Crippen LogP contribution < -0.4 is 9.47 Å². The largest absolute Gasteiger partial charge is 0.496 e. The second-order valence-electron chi connectivity index (χ2n) is 4.62. The first-order chi connectivity index (χ1) is 8.96. The molecule has 2 rings (SSSR count). The van der Waals surface area contributed by atoms with Crippen molar-refractivity contribution in [3.8, 4) is 11.5 Å². The Morgan fingerprint density at radius 1 is 1.16 bits per heavy atom. The summed E-state index contributed by atoms with van der Waals surface area (Å²) < 4.78 is 33.4. The molecule has 0 amide bonds. The quantitative estimate of drug-likeness (QED) is 0.803. The molecule has 0 spiro atoms. The van der Waals surface area contributed by atoms with Gasteiger partial charge in [-0.1, -0.05) is 0 Å². The van der Waals surface area contributed by atoms with E-state index in [2.05, 4.69) is 0 Å². The lowest BCUT2D eigenvalue weighted by Gasteiger charge is -2.23. The molecule has 4 nitrogen and oxygen atoms in total. The lowest BCUT2D eigenvalue weighted by atomic mass is 9.88. The van der Waals surface area contributed by atoms with Crippen molar-refractivity contribution in [1.29, 1.82) is 0 Å². The summed E-state index contributed by atoms with van der Waals surface area (Å²) >= 11 is 0. The minimum Gasteiger partial charge on any atom is -0.496 e. The number of ether oxygens (including phenoxy) is 2. The van der Waals surface area contributed by atoms with Gasteiger partial charge in [-0.2, -0.15) is 0 Å². The number of methoxy groups -OCH3 is 2. The zero-order chi connectivity index (χ0) is 14.0. The van der Waals surface area contributed by atoms with E-state index >= 15 is 0 Å². The van der Waals surface area contributed by atoms with Gasteiger partial charge in [-0.05, 0) is 31.7 Å². The molecular weight excluding hydrogens is 288 g/mol. The van der Waals surface area contributed by atoms with Crippen LogP contribution in [-0.4, -0.2) is 22.6 Å². The van der Waals surface area contributed by atoms with Crippen molar-refractivity contribution in [2.45, 2.75) is 31.4 Å². The van der Waals surface area contributed by atoms with E-state index in [0.717, 1.165) is 42.6 Å². The normalized spacial score (nSPS) is 14.9. The Hall–Kier alpha value is -0.940. The zero-order valence-corrected chi connectivity index (χ0v) is 12.6. The molecule has 19 heavy (non-hydrogen) atoms. The molecule has 0 fully saturated rings. The smallest absolute Gasteiger partial charge is 0.236 e. The summed E-state index contributed by atoms with van der Waals surface area (Å²) in [6.45, 7) is 0. The van der Waals surface area contributed by atoms with Gasteiger partial charge in [0.05, 0.1) is 20.0 Å². The van der Waals surface area contributed by atoms with E-state index < -0.39 is 9.05 Å². The number of hydrogen-bond donors (Lipinski definition) is 0. The van der Waals surface area contributed by atoms with Crippen molar-refractivity contribution in [2.24, 2.45) is 0 Å². The first-order valence-corrected chi connectivity index (χ1v) is 8.62. The van der Waals surface area contributed by atoms with Crippen LogP contribution in [0.5, 0.6) is 11.5 Å². The fraction of sp³-hybridized carbons (Fsp3) is 0.538. The molecule has 0 unspecified atom stereocenters. The van der Waals surface area contributed by atoms with Crippen LogP contribution in [0.4, 0.5) is 0 Å². The fourth-order valence-corrected chi connectivity index (χ4v) is 3.60. The van der Waals surface area contributed by atoms with Crippen molar-refractivity contribution in [2.75, 3.05) is 14.2 Å². The Morgan fingerprint density at radius 2 is 1.79 bits per heavy atom. The van der Waals surface area contributed by atoms with Gasteiger partial charge in [0.15, 0.2) is 0 Å². The predicted octanol–water partition coefficient (Wildman–Crippen LogP) is 2.65. The van der Waals surface area contributed by atoms with Gasteiger partial charge in [-0.3, -0.25) is 0 Å². The molecule has 0 saturated heterocycles. The van der Waals surface area contributed by atoms with Gasteiger partial charge in [0.1, 0.15) is 11.5 Å². The molecule has 1 aliphatic rings. The van der Waals surface area contributed by atoms with Gasteiger partial charge < -0.3 is 9.47 Å². The second kappa shape index (κ2) is 5.59. The third-order valence-electron chi connectivity index (χ3n) is 3.39. The Kier molecular flexibility index (Phi) is 4.26. The molecule has 1 aromatic carbocycles. The van der Waals surface area contributed by atoms with Crippen molar-refractivity contribution in [3.63, 3.8) is 0 Å². The second-order valence-corrected chi connectivity index (χ2v) is 7.40. The molecule has 106 valence electrons. The summed E-state index contributed by atoms with van der Waals surface area (Å²) in [6, 6.07) is 1.73. The first kappa shape index (κ1) is 14.5. The lowest BCUT2D eigenvalue weighted by Crippen LogP contribution is -2.10. The van der Waals surface area contributed by atoms with Crippen LogP contribution in [0.2, 0.25) is 0 Å². The van der Waals surface area contributed by atoms with E-state index in [0.29, 0.717) is 11.3 Å². The van der Waals surface area contributed by atoms with Crippen LogP contribution in [-0.2, 0) is 27.6 Å². The Morgan fingerprint density at radius 3 is 2.32 bits per heavy atom. The maximum absolute atomic E-state index is 11.3. The van der Waals surface area contributed by atoms with E-state index in [9.17, 15) is 8.42 Å². The minimum atomic E-state index is -3.62. The van der Waals surface area contributed by atoms with Gasteiger partial charge in [-0.15, -0.1) is 0 Å². The molecule has 0 saturated carbocycles. The van der Waals surface area contributed by atoms with Crippen molar-refractivity contribution < 1.29 is 17.9 Å². The van der Waals surface area contributed by atoms with E-state index in [1.807, 2.05) is 0 Å². The maximum atomic E-state index is 11.3. The molecule has 0 aliphatic heterocycles. The molecule has 1 aliphatic carbocycles. The summed E-state index contributed by atoms with van der Waals surface area (Å²) in [7, 11) is 4.88. The molecule has 1 aromatic rings. The highest BCUT2D eigenvalue weighted by Crippen LogP contribution is 2.39. The van der Waals surface area contributed by atoms with Crippen LogP contribution in [0.3, 0.4) is 0 Å². The maximum Gasteiger partial charge on any atom is 0.236 e. The summed E-state index contributed by atoms with van der Waals surface area (Å²) in [5, 5.41) is 0. The molecular formula is C13H17ClO4S. The van der Waals surface area contributed by atoms with Gasteiger partial charge in [-0.25, -0.2) is 8.42 Å². The van der Waals surface area contributed by atoms with Crippen molar-refractivity contribution >= 4 is 19.7 Å². The number of benzene rings is 1. The van der Waals surface area contributed by atoms with Crippen LogP contribution in [0.1, 0.15) is 29.5 Å². The molecule has 6 heteroatoms. The number of halogens is 1. The van der Waals surface area contributed by atoms with Gasteiger partial charge >= 0.3 is 0 Å². The fourth-order valence-electron chi connectivity index (χ4n) is 2.66. The minimum absolute atomic E-state index is 0.249. The van der Waals surface area contributed by atoms with E-state index in [1.54, 1.807) is 20.3 Å². The van der Waals surface area contributed by atoms with Crippen LogP contribution >= 0.6 is 10.7 Å². The average molecular weight is 305 g/mol. The highest BCUT2D eigenvalue weighted by molar-refractivity contribution is 8.13. The van der Waals surface area contributed by atoms with Gasteiger partial charge in [0.2, 0.25) is 9.05 Å². The number of rotatable bonds is 4. The van der Waals surface area contributed by atoms with Crippen LogP contribution in [0, 0.1) is 0 Å². The van der Waals surface area contributed by atoms with E-state index in [-0.39, 0.29) is 5.75 Å². The van der Waals surface area contributed by atoms with Gasteiger partial charge in [0, 0.05) is 27.4 Å². The highest BCUT2D eigenvalue weighted by atomic mass is 35.7. The first-order valence-electron chi connectivity index (χ1n) is 6.14. The van der Waals surface area contributed by atoms with Crippen molar-refractivity contribution in [1.82, 2.24) is 0 Å². The summed E-state index contributed by atoms with van der Waals surface area (Å²) in [6.07, 6.45) is 4.00. The molecule has 0 radical (unpaired) electrons. The van der Waals surface area contributed by atoms with Crippen LogP contribution in [0.25, 0.3) is 0 Å². The SMILES string of the molecule is COc1cc(CS(=O)(=O)Cl)c(OC)c2c1CCCC2. The Labute approximate surface area is 118 Å². The van der Waals surface area contributed by atoms with Crippen LogP contribution in [0.15, 0.2) is 6.07 Å². The summed E-state index contributed by atoms with van der Waals surface area (Å²) in [5.41, 5.74) is 2.75. The van der Waals surface area contributed by atoms with Crippen molar-refractivity contribution in [3.05, 3.63) is 22.8 Å². The van der Waals surface area contributed by atoms with E-state index in [4.69, 9.17) is 20.2 Å². The summed E-state index contributed by atoms with van der Waals surface area (Å²) in [4.78, 5) is 0. The zero-order valence-electron chi connectivity index (χ0n) is 11.0. The van der Waals surface area contributed by atoms with Gasteiger partial charge in [0.25, 0.3) is 0 Å². The summed E-state index contributed by atoms with van der Waals surface area (Å²) in [5.74, 6) is 1.12. The standard InChI is InChI=1S/C13H17ClO4S/c1-17-12-7-9(8-19(14,15)16)13(18-2)11-6-4-3-5-10(11)12/h7H,3-6,8H2,1-2H3. The Balaban J connectivity index is 2.60. The number of fused-ring (bicyclic) bond motifs is 1. The molecule has 0 N–H and O–H groups in total. The molecule has 0 heterocycles. The predicted molar refractivity (Wildman–Crippen MR) is 74.7 cm³/mol. The highest BCUT2D eigenvalue weighted by Gasteiger charge is 2.23. The topological polar surface area (TPSA) is 52.6 Å². The third-order valence-corrected chi connectivity index (χ3v) is 4.37. The molecule has 0 bridgehead atoms. The Bertz CT molecular complexity index is 581. The lowest BCUT2D eigenvalue weighted by molar-refractivity contribution is 0.386. The number of hydrogen-bond acceptors (Lipinski definition) is 4. The average Bonchev–Trinajstić information content (AvgIpc) is 2.36. The monoisotopic (exact) mass is 304 g/mol. The van der Waals surface area contributed by atoms with E-state index in [1.165, 1.54) is 0 Å². The molecule has 0 aromatic heterocycles. The third kappa shape index (κ3) is 3.15. The molecule has 0 atom stereocenters.